The highest BCUT2D eigenvalue weighted by Crippen LogP contribution is 2.32. The zero-order chi connectivity index (χ0) is 10.4. The number of nitrogens with zero attached hydrogens (tertiary/aromatic N) is 1. The van der Waals surface area contributed by atoms with Crippen molar-refractivity contribution in [2.45, 2.75) is 38.1 Å². The van der Waals surface area contributed by atoms with E-state index in [0.29, 0.717) is 6.42 Å². The maximum atomic E-state index is 12.1. The molecular weight excluding hydrogens is 181 g/mol. The molecule has 14 heavy (non-hydrogen) atoms. The third-order valence-electron chi connectivity index (χ3n) is 3.37. The summed E-state index contributed by atoms with van der Waals surface area (Å²) in [5.74, 6) is 0. The van der Waals surface area contributed by atoms with Gasteiger partial charge in [0.15, 0.2) is 0 Å². The van der Waals surface area contributed by atoms with Gasteiger partial charge in [-0.05, 0) is 32.2 Å². The van der Waals surface area contributed by atoms with Crippen LogP contribution < -0.4 is 0 Å². The minimum absolute atomic E-state index is 0.198. The van der Waals surface area contributed by atoms with E-state index < -0.39 is 0 Å². The molecule has 0 bridgehead atoms. The fraction of sp³-hybridized carbons (Fsp3) is 1.00. The summed E-state index contributed by atoms with van der Waals surface area (Å²) in [5, 5.41) is 0. The normalized spacial score (nSPS) is 28.5. The van der Waals surface area contributed by atoms with Crippen LogP contribution in [0.5, 0.6) is 0 Å². The Bertz CT molecular complexity index is 165. The molecule has 1 aliphatic heterocycles. The van der Waals surface area contributed by atoms with Crippen LogP contribution in [-0.2, 0) is 4.74 Å². The zero-order valence-electron chi connectivity index (χ0n) is 9.39. The first kappa shape index (κ1) is 11.9. The average molecular weight is 203 g/mol. The first-order valence-corrected chi connectivity index (χ1v) is 5.59. The number of likely N-dealkylation sites (tertiary alicyclic amines) is 1. The van der Waals surface area contributed by atoms with Gasteiger partial charge in [0, 0.05) is 19.2 Å². The summed E-state index contributed by atoms with van der Waals surface area (Å²) in [5.41, 5.74) is 0.198. The Kier molecular flexibility index (Phi) is 4.82. The Labute approximate surface area is 86.4 Å². The van der Waals surface area contributed by atoms with E-state index in [9.17, 15) is 4.39 Å². The second-order valence-electron chi connectivity index (χ2n) is 4.14. The zero-order valence-corrected chi connectivity index (χ0v) is 9.39. The molecule has 1 aliphatic rings. The molecule has 1 rings (SSSR count). The molecule has 1 unspecified atom stereocenters. The highest BCUT2D eigenvalue weighted by atomic mass is 19.1. The minimum atomic E-state index is -0.205. The lowest BCUT2D eigenvalue weighted by Crippen LogP contribution is -2.47. The molecule has 0 spiro atoms. The molecule has 0 amide bonds. The van der Waals surface area contributed by atoms with Gasteiger partial charge in [-0.2, -0.15) is 0 Å². The van der Waals surface area contributed by atoms with E-state index in [1.165, 1.54) is 12.8 Å². The lowest BCUT2D eigenvalue weighted by Gasteiger charge is -2.37. The van der Waals surface area contributed by atoms with Gasteiger partial charge < -0.3 is 4.74 Å². The number of hydrogen-bond donors (Lipinski definition) is 0. The Balaban J connectivity index is 2.53. The van der Waals surface area contributed by atoms with Crippen LogP contribution in [0.15, 0.2) is 0 Å². The first-order valence-electron chi connectivity index (χ1n) is 5.59. The maximum absolute atomic E-state index is 12.1. The number of rotatable bonds is 6. The lowest BCUT2D eigenvalue weighted by atomic mass is 9.94. The third-order valence-corrected chi connectivity index (χ3v) is 3.37. The van der Waals surface area contributed by atoms with Crippen molar-refractivity contribution in [1.29, 1.82) is 0 Å². The summed E-state index contributed by atoms with van der Waals surface area (Å²) in [6, 6.07) is 0. The Morgan fingerprint density at radius 1 is 1.50 bits per heavy atom. The molecule has 0 aromatic heterocycles. The third kappa shape index (κ3) is 2.45. The van der Waals surface area contributed by atoms with E-state index in [0.717, 1.165) is 26.1 Å². The van der Waals surface area contributed by atoms with Crippen molar-refractivity contribution in [3.63, 3.8) is 0 Å². The van der Waals surface area contributed by atoms with Crippen molar-refractivity contribution >= 4 is 0 Å². The molecule has 1 atom stereocenters. The summed E-state index contributed by atoms with van der Waals surface area (Å²) in [6.07, 6.45) is 4.19. The molecule has 0 radical (unpaired) electrons. The van der Waals surface area contributed by atoms with Crippen LogP contribution in [0.4, 0.5) is 4.39 Å². The van der Waals surface area contributed by atoms with Gasteiger partial charge in [-0.25, -0.2) is 0 Å². The molecule has 0 aliphatic carbocycles. The molecule has 2 nitrogen and oxygen atoms in total. The van der Waals surface area contributed by atoms with Crippen LogP contribution in [0, 0.1) is 0 Å². The van der Waals surface area contributed by atoms with Crippen molar-refractivity contribution in [2.24, 2.45) is 0 Å². The monoisotopic (exact) mass is 203 g/mol. The van der Waals surface area contributed by atoms with Gasteiger partial charge in [0.2, 0.25) is 0 Å². The Morgan fingerprint density at radius 3 is 2.86 bits per heavy atom. The van der Waals surface area contributed by atoms with Crippen LogP contribution in [0.2, 0.25) is 0 Å². The van der Waals surface area contributed by atoms with Crippen molar-refractivity contribution in [2.75, 3.05) is 33.5 Å². The predicted octanol–water partition coefficient (Wildman–Crippen LogP) is 2.24. The number of ether oxygens (including phenoxy) is 1. The fourth-order valence-electron chi connectivity index (χ4n) is 2.53. The summed E-state index contributed by atoms with van der Waals surface area (Å²) >= 11 is 0. The van der Waals surface area contributed by atoms with Gasteiger partial charge in [-0.1, -0.05) is 6.92 Å². The Morgan fingerprint density at radius 2 is 2.29 bits per heavy atom. The van der Waals surface area contributed by atoms with Crippen LogP contribution in [0.25, 0.3) is 0 Å². The summed E-state index contributed by atoms with van der Waals surface area (Å²) in [4.78, 5) is 2.41. The van der Waals surface area contributed by atoms with E-state index in [-0.39, 0.29) is 12.2 Å². The van der Waals surface area contributed by atoms with E-state index in [1.807, 2.05) is 0 Å². The van der Waals surface area contributed by atoms with Gasteiger partial charge in [0.05, 0.1) is 13.3 Å². The molecule has 1 fully saturated rings. The van der Waals surface area contributed by atoms with Gasteiger partial charge >= 0.3 is 0 Å². The fourth-order valence-corrected chi connectivity index (χ4v) is 2.53. The van der Waals surface area contributed by atoms with E-state index >= 15 is 0 Å². The summed E-state index contributed by atoms with van der Waals surface area (Å²) < 4.78 is 17.4. The van der Waals surface area contributed by atoms with Crippen molar-refractivity contribution in [3.05, 3.63) is 0 Å². The van der Waals surface area contributed by atoms with Gasteiger partial charge in [-0.15, -0.1) is 0 Å². The van der Waals surface area contributed by atoms with Gasteiger partial charge in [0.25, 0.3) is 0 Å². The molecular formula is C11H22FNO. The van der Waals surface area contributed by atoms with Gasteiger partial charge in [-0.3, -0.25) is 9.29 Å². The quantitative estimate of drug-likeness (QED) is 0.656. The second kappa shape index (κ2) is 5.66. The topological polar surface area (TPSA) is 12.5 Å². The molecule has 0 aromatic rings. The lowest BCUT2D eigenvalue weighted by molar-refractivity contribution is 0.0334. The minimum Gasteiger partial charge on any atom is -0.383 e. The predicted molar refractivity (Wildman–Crippen MR) is 56.3 cm³/mol. The number of methoxy groups -OCH3 is 1. The van der Waals surface area contributed by atoms with E-state index in [4.69, 9.17) is 4.74 Å². The molecule has 0 N–H and O–H groups in total. The van der Waals surface area contributed by atoms with Crippen molar-refractivity contribution < 1.29 is 9.13 Å². The van der Waals surface area contributed by atoms with Crippen molar-refractivity contribution in [3.8, 4) is 0 Å². The number of alkyl halides is 1. The van der Waals surface area contributed by atoms with E-state index in [2.05, 4.69) is 11.8 Å². The number of hydrogen-bond acceptors (Lipinski definition) is 2. The molecule has 3 heteroatoms. The first-order chi connectivity index (χ1) is 6.79. The second-order valence-corrected chi connectivity index (χ2v) is 4.14. The smallest absolute Gasteiger partial charge is 0.0906 e. The SMILES string of the molecule is CCC1(COC)CCCN1CCCF. The van der Waals surface area contributed by atoms with Gasteiger partial charge in [0.1, 0.15) is 0 Å². The van der Waals surface area contributed by atoms with Crippen LogP contribution in [0.3, 0.4) is 0 Å². The highest BCUT2D eigenvalue weighted by molar-refractivity contribution is 4.94. The molecule has 0 saturated carbocycles. The highest BCUT2D eigenvalue weighted by Gasteiger charge is 2.38. The molecule has 1 heterocycles. The largest absolute Gasteiger partial charge is 0.383 e. The Hall–Kier alpha value is -0.150. The van der Waals surface area contributed by atoms with E-state index in [1.54, 1.807) is 7.11 Å². The van der Waals surface area contributed by atoms with Crippen LogP contribution in [0.1, 0.15) is 32.6 Å². The average Bonchev–Trinajstić information content (AvgIpc) is 2.59. The molecule has 84 valence electrons. The van der Waals surface area contributed by atoms with Crippen molar-refractivity contribution in [1.82, 2.24) is 4.90 Å². The molecule has 1 saturated heterocycles. The standard InChI is InChI=1S/C11H22FNO/c1-3-11(10-14-2)6-4-8-13(11)9-5-7-12/h3-10H2,1-2H3. The number of halogens is 1. The maximum Gasteiger partial charge on any atom is 0.0906 e. The van der Waals surface area contributed by atoms with Crippen LogP contribution in [-0.4, -0.2) is 43.9 Å². The van der Waals surface area contributed by atoms with Crippen LogP contribution >= 0.6 is 0 Å². The summed E-state index contributed by atoms with van der Waals surface area (Å²) in [7, 11) is 1.75. The summed E-state index contributed by atoms with van der Waals surface area (Å²) in [6.45, 7) is 4.77. The molecule has 0 aromatic carbocycles.